The van der Waals surface area contributed by atoms with Crippen LogP contribution >= 0.6 is 11.6 Å². The van der Waals surface area contributed by atoms with Crippen LogP contribution in [0.15, 0.2) is 47.4 Å². The Morgan fingerprint density at radius 2 is 1.73 bits per heavy atom. The van der Waals surface area contributed by atoms with Gasteiger partial charge in [-0.1, -0.05) is 55.8 Å². The zero-order valence-corrected chi connectivity index (χ0v) is 19.4. The first kappa shape index (κ1) is 21.7. The first-order valence-electron chi connectivity index (χ1n) is 11.1. The van der Waals surface area contributed by atoms with Crippen molar-refractivity contribution in [2.45, 2.75) is 75.0 Å². The van der Waals surface area contributed by atoms with Crippen molar-refractivity contribution in [2.75, 3.05) is 0 Å². The molecule has 1 saturated carbocycles. The van der Waals surface area contributed by atoms with E-state index in [-0.39, 0.29) is 6.10 Å². The third-order valence-electron chi connectivity index (χ3n) is 6.73. The molecule has 2 unspecified atom stereocenters. The molecule has 30 heavy (non-hydrogen) atoms. The van der Waals surface area contributed by atoms with Crippen LogP contribution in [0.4, 0.5) is 0 Å². The molecule has 2 aromatic rings. The first-order chi connectivity index (χ1) is 14.4. The number of ether oxygens (including phenoxy) is 1. The summed E-state index contributed by atoms with van der Waals surface area (Å²) in [5, 5.41) is 0.326. The van der Waals surface area contributed by atoms with Crippen molar-refractivity contribution in [3.05, 3.63) is 58.6 Å². The molecule has 0 heterocycles. The molecular weight excluding hydrogens is 416 g/mol. The van der Waals surface area contributed by atoms with E-state index in [1.54, 1.807) is 38.1 Å². The molecule has 2 atom stereocenters. The van der Waals surface area contributed by atoms with Crippen LogP contribution in [0.2, 0.25) is 5.02 Å². The van der Waals surface area contributed by atoms with Crippen molar-refractivity contribution in [1.29, 1.82) is 0 Å². The van der Waals surface area contributed by atoms with Gasteiger partial charge in [-0.3, -0.25) is 0 Å². The normalized spacial score (nSPS) is 22.3. The quantitative estimate of drug-likeness (QED) is 0.490. The Balaban J connectivity index is 1.58. The number of hydrogen-bond donors (Lipinski definition) is 0. The highest BCUT2D eigenvalue weighted by Crippen LogP contribution is 2.46. The van der Waals surface area contributed by atoms with Crippen molar-refractivity contribution in [2.24, 2.45) is 11.8 Å². The fourth-order valence-corrected chi connectivity index (χ4v) is 6.40. The predicted octanol–water partition coefficient (Wildman–Crippen LogP) is 6.78. The zero-order valence-electron chi connectivity index (χ0n) is 17.8. The summed E-state index contributed by atoms with van der Waals surface area (Å²) in [6.45, 7) is 3.40. The lowest BCUT2D eigenvalue weighted by atomic mass is 9.81. The number of fused-ring (bicyclic) bond motifs is 1. The van der Waals surface area contributed by atoms with E-state index in [2.05, 4.69) is 6.07 Å². The minimum atomic E-state index is -3.28. The summed E-state index contributed by atoms with van der Waals surface area (Å²) < 4.78 is 31.3. The van der Waals surface area contributed by atoms with E-state index >= 15 is 0 Å². The largest absolute Gasteiger partial charge is 0.485 e. The maximum atomic E-state index is 12.4. The standard InChI is InChI=1S/C25H31ClO3S/c1-17(2)30(27,28)22-13-11-21(12-14-22)29-25-20(15-18-7-4-3-5-8-18)16-19-9-6-10-23(26)24(19)25/h6,9-14,17-18,20,25H,3-5,7-8,15-16H2,1-2H3. The molecule has 0 bridgehead atoms. The van der Waals surface area contributed by atoms with Gasteiger partial charge in [0, 0.05) is 16.5 Å². The monoisotopic (exact) mass is 446 g/mol. The van der Waals surface area contributed by atoms with Crippen LogP contribution in [0.25, 0.3) is 0 Å². The van der Waals surface area contributed by atoms with Crippen LogP contribution in [0.5, 0.6) is 5.75 Å². The van der Waals surface area contributed by atoms with Gasteiger partial charge < -0.3 is 4.74 Å². The fourth-order valence-electron chi connectivity index (χ4n) is 5.04. The number of rotatable bonds is 6. The smallest absolute Gasteiger partial charge is 0.180 e. The summed E-state index contributed by atoms with van der Waals surface area (Å²) in [7, 11) is -3.28. The Bertz CT molecular complexity index is 976. The molecule has 0 spiro atoms. The first-order valence-corrected chi connectivity index (χ1v) is 13.1. The minimum Gasteiger partial charge on any atom is -0.485 e. The minimum absolute atomic E-state index is 0.0804. The summed E-state index contributed by atoms with van der Waals surface area (Å²) in [5.41, 5.74) is 2.39. The Morgan fingerprint density at radius 3 is 2.40 bits per heavy atom. The van der Waals surface area contributed by atoms with Crippen LogP contribution in [0.1, 0.15) is 69.6 Å². The number of sulfone groups is 1. The maximum absolute atomic E-state index is 12.4. The highest BCUT2D eigenvalue weighted by Gasteiger charge is 2.37. The van der Waals surface area contributed by atoms with Crippen molar-refractivity contribution in [3.8, 4) is 5.75 Å². The molecule has 0 aromatic heterocycles. The lowest BCUT2D eigenvalue weighted by molar-refractivity contribution is 0.124. The molecule has 0 saturated heterocycles. The van der Waals surface area contributed by atoms with Crippen molar-refractivity contribution >= 4 is 21.4 Å². The lowest BCUT2D eigenvalue weighted by Crippen LogP contribution is -2.20. The number of hydrogen-bond acceptors (Lipinski definition) is 3. The van der Waals surface area contributed by atoms with Crippen LogP contribution in [0, 0.1) is 11.8 Å². The van der Waals surface area contributed by atoms with Crippen molar-refractivity contribution in [3.63, 3.8) is 0 Å². The average Bonchev–Trinajstić information content (AvgIpc) is 3.07. The molecule has 0 aliphatic heterocycles. The van der Waals surface area contributed by atoms with Gasteiger partial charge >= 0.3 is 0 Å². The molecule has 2 aliphatic carbocycles. The predicted molar refractivity (Wildman–Crippen MR) is 122 cm³/mol. The summed E-state index contributed by atoms with van der Waals surface area (Å²) in [5.74, 6) is 1.87. The van der Waals surface area contributed by atoms with Gasteiger partial charge in [0.1, 0.15) is 11.9 Å². The molecule has 162 valence electrons. The van der Waals surface area contributed by atoms with Gasteiger partial charge in [-0.2, -0.15) is 0 Å². The van der Waals surface area contributed by atoms with Crippen molar-refractivity contribution in [1.82, 2.24) is 0 Å². The molecule has 2 aromatic carbocycles. The number of halogens is 1. The van der Waals surface area contributed by atoms with E-state index in [0.29, 0.717) is 16.6 Å². The second kappa shape index (κ2) is 8.92. The Morgan fingerprint density at radius 1 is 1.03 bits per heavy atom. The maximum Gasteiger partial charge on any atom is 0.180 e. The second-order valence-electron chi connectivity index (χ2n) is 9.12. The van der Waals surface area contributed by atoms with Gasteiger partial charge in [-0.25, -0.2) is 8.42 Å². The third kappa shape index (κ3) is 4.40. The fraction of sp³-hybridized carbons (Fsp3) is 0.520. The summed E-state index contributed by atoms with van der Waals surface area (Å²) in [6, 6.07) is 13.0. The third-order valence-corrected chi connectivity index (χ3v) is 9.23. The highest BCUT2D eigenvalue weighted by molar-refractivity contribution is 7.92. The highest BCUT2D eigenvalue weighted by atomic mass is 35.5. The molecular formula is C25H31ClO3S. The van der Waals surface area contributed by atoms with E-state index in [1.807, 2.05) is 12.1 Å². The molecule has 0 amide bonds. The van der Waals surface area contributed by atoms with Gasteiger partial charge in [0.15, 0.2) is 9.84 Å². The molecule has 0 radical (unpaired) electrons. The Kier molecular flexibility index (Phi) is 6.45. The molecule has 1 fully saturated rings. The number of benzene rings is 2. The topological polar surface area (TPSA) is 43.4 Å². The second-order valence-corrected chi connectivity index (χ2v) is 12.0. The van der Waals surface area contributed by atoms with Crippen LogP contribution in [-0.4, -0.2) is 13.7 Å². The Labute approximate surface area is 185 Å². The van der Waals surface area contributed by atoms with Crippen molar-refractivity contribution < 1.29 is 13.2 Å². The van der Waals surface area contributed by atoms with Gasteiger partial charge in [0.05, 0.1) is 10.1 Å². The average molecular weight is 447 g/mol. The molecule has 3 nitrogen and oxygen atoms in total. The van der Waals surface area contributed by atoms with Gasteiger partial charge in [-0.15, -0.1) is 0 Å². The molecule has 2 aliphatic rings. The van der Waals surface area contributed by atoms with E-state index in [1.165, 1.54) is 37.7 Å². The van der Waals surface area contributed by atoms with Gasteiger partial charge in [-0.05, 0) is 68.5 Å². The van der Waals surface area contributed by atoms with Crippen LogP contribution in [0.3, 0.4) is 0 Å². The summed E-state index contributed by atoms with van der Waals surface area (Å²) in [6.07, 6.45) is 8.74. The molecule has 4 rings (SSSR count). The van der Waals surface area contributed by atoms with E-state index in [4.69, 9.17) is 16.3 Å². The lowest BCUT2D eigenvalue weighted by Gasteiger charge is -2.28. The van der Waals surface area contributed by atoms with E-state index in [0.717, 1.165) is 29.3 Å². The summed E-state index contributed by atoms with van der Waals surface area (Å²) >= 11 is 6.60. The van der Waals surface area contributed by atoms with Crippen LogP contribution in [-0.2, 0) is 16.3 Å². The van der Waals surface area contributed by atoms with Gasteiger partial charge in [0.25, 0.3) is 0 Å². The zero-order chi connectivity index (χ0) is 21.3. The molecule has 0 N–H and O–H groups in total. The SMILES string of the molecule is CC(C)S(=O)(=O)c1ccc(OC2c3c(Cl)cccc3CC2CC2CCCCC2)cc1. The van der Waals surface area contributed by atoms with E-state index < -0.39 is 15.1 Å². The Hall–Kier alpha value is -1.52. The van der Waals surface area contributed by atoms with E-state index in [9.17, 15) is 8.42 Å². The summed E-state index contributed by atoms with van der Waals surface area (Å²) in [4.78, 5) is 0.341. The molecule has 5 heteroatoms. The van der Waals surface area contributed by atoms with Gasteiger partial charge in [0.2, 0.25) is 0 Å². The van der Waals surface area contributed by atoms with Crippen LogP contribution < -0.4 is 4.74 Å².